The van der Waals surface area contributed by atoms with Gasteiger partial charge in [-0.05, 0) is 24.1 Å². The Morgan fingerprint density at radius 3 is 2.17 bits per heavy atom. The smallest absolute Gasteiger partial charge is 0.234 e. The first-order valence-corrected chi connectivity index (χ1v) is 8.60. The van der Waals surface area contributed by atoms with Crippen LogP contribution in [0.5, 0.6) is 0 Å². The molecule has 0 fully saturated rings. The third-order valence-corrected chi connectivity index (χ3v) is 4.26. The van der Waals surface area contributed by atoms with Crippen molar-refractivity contribution in [2.75, 3.05) is 20.1 Å². The van der Waals surface area contributed by atoms with Crippen LogP contribution in [0.4, 0.5) is 0 Å². The van der Waals surface area contributed by atoms with Crippen molar-refractivity contribution in [2.24, 2.45) is 5.92 Å². The number of carbonyl (C=O) groups excluding carboxylic acids is 1. The van der Waals surface area contributed by atoms with Gasteiger partial charge in [-0.1, -0.05) is 74.5 Å². The van der Waals surface area contributed by atoms with Gasteiger partial charge in [0.05, 0.1) is 6.54 Å². The number of rotatable bonds is 8. The van der Waals surface area contributed by atoms with E-state index in [0.29, 0.717) is 24.9 Å². The second kappa shape index (κ2) is 9.24. The van der Waals surface area contributed by atoms with Crippen LogP contribution >= 0.6 is 0 Å². The highest BCUT2D eigenvalue weighted by atomic mass is 16.2. The Labute approximate surface area is 145 Å². The molecule has 2 aromatic rings. The number of hydrogen-bond acceptors (Lipinski definition) is 2. The van der Waals surface area contributed by atoms with Gasteiger partial charge in [0.2, 0.25) is 5.91 Å². The molecule has 3 heteroatoms. The molecule has 0 aliphatic carbocycles. The molecule has 0 spiro atoms. The molecule has 1 amide bonds. The van der Waals surface area contributed by atoms with Gasteiger partial charge in [-0.3, -0.25) is 9.69 Å². The quantitative estimate of drug-likeness (QED) is 0.803. The largest absolute Gasteiger partial charge is 0.354 e. The van der Waals surface area contributed by atoms with Gasteiger partial charge in [-0.25, -0.2) is 0 Å². The van der Waals surface area contributed by atoms with Gasteiger partial charge in [0.1, 0.15) is 0 Å². The minimum absolute atomic E-state index is 0.0787. The van der Waals surface area contributed by atoms with Gasteiger partial charge in [-0.2, -0.15) is 0 Å². The van der Waals surface area contributed by atoms with Gasteiger partial charge in [0.25, 0.3) is 0 Å². The first kappa shape index (κ1) is 18.2. The third-order valence-electron chi connectivity index (χ3n) is 4.26. The maximum Gasteiger partial charge on any atom is 0.234 e. The monoisotopic (exact) mass is 324 g/mol. The van der Waals surface area contributed by atoms with Crippen LogP contribution in [0.1, 0.15) is 30.9 Å². The van der Waals surface area contributed by atoms with E-state index in [0.717, 1.165) is 6.54 Å². The maximum atomic E-state index is 12.2. The summed E-state index contributed by atoms with van der Waals surface area (Å²) in [4.78, 5) is 14.3. The van der Waals surface area contributed by atoms with Gasteiger partial charge in [0.15, 0.2) is 0 Å². The molecule has 1 unspecified atom stereocenters. The number of nitrogens with zero attached hydrogens (tertiary/aromatic N) is 1. The van der Waals surface area contributed by atoms with Crippen LogP contribution in [-0.4, -0.2) is 30.9 Å². The molecule has 128 valence electrons. The van der Waals surface area contributed by atoms with Crippen molar-refractivity contribution in [3.05, 3.63) is 71.8 Å². The van der Waals surface area contributed by atoms with Gasteiger partial charge >= 0.3 is 0 Å². The Kier molecular flexibility index (Phi) is 7.01. The molecule has 0 aliphatic rings. The summed E-state index contributed by atoms with van der Waals surface area (Å²) in [6.45, 7) is 6.27. The minimum Gasteiger partial charge on any atom is -0.354 e. The Hall–Kier alpha value is -2.13. The fourth-order valence-electron chi connectivity index (χ4n) is 2.91. The molecule has 1 N–H and O–H groups in total. The SMILES string of the molecule is CC(C)C(CNC(=O)CN(C)Cc1ccccc1)c1ccccc1. The highest BCUT2D eigenvalue weighted by Crippen LogP contribution is 2.23. The van der Waals surface area contributed by atoms with E-state index in [1.165, 1.54) is 11.1 Å². The van der Waals surface area contributed by atoms with Crippen molar-refractivity contribution < 1.29 is 4.79 Å². The second-order valence-electron chi connectivity index (χ2n) is 6.72. The molecular formula is C21H28N2O. The van der Waals surface area contributed by atoms with Crippen LogP contribution in [0.25, 0.3) is 0 Å². The molecule has 0 heterocycles. The fraction of sp³-hybridized carbons (Fsp3) is 0.381. The predicted molar refractivity (Wildman–Crippen MR) is 99.8 cm³/mol. The van der Waals surface area contributed by atoms with Crippen molar-refractivity contribution in [3.63, 3.8) is 0 Å². The first-order valence-electron chi connectivity index (χ1n) is 8.60. The standard InChI is InChI=1S/C21H28N2O/c1-17(2)20(19-12-8-5-9-13-19)14-22-21(24)16-23(3)15-18-10-6-4-7-11-18/h4-13,17,20H,14-16H2,1-3H3,(H,22,24). The molecule has 0 aromatic heterocycles. The van der Waals surface area contributed by atoms with E-state index in [-0.39, 0.29) is 5.91 Å². The molecule has 3 nitrogen and oxygen atoms in total. The van der Waals surface area contributed by atoms with Crippen molar-refractivity contribution in [3.8, 4) is 0 Å². The van der Waals surface area contributed by atoms with Gasteiger partial charge in [0, 0.05) is 19.0 Å². The molecular weight excluding hydrogens is 296 g/mol. The Morgan fingerprint density at radius 1 is 1.00 bits per heavy atom. The lowest BCUT2D eigenvalue weighted by atomic mass is 9.88. The number of hydrogen-bond donors (Lipinski definition) is 1. The molecule has 0 saturated heterocycles. The Balaban J connectivity index is 1.83. The molecule has 0 bridgehead atoms. The highest BCUT2D eigenvalue weighted by molar-refractivity contribution is 5.78. The van der Waals surface area contributed by atoms with Crippen LogP contribution in [-0.2, 0) is 11.3 Å². The lowest BCUT2D eigenvalue weighted by Crippen LogP contribution is -2.37. The van der Waals surface area contributed by atoms with Crippen LogP contribution < -0.4 is 5.32 Å². The van der Waals surface area contributed by atoms with E-state index in [4.69, 9.17) is 0 Å². The topological polar surface area (TPSA) is 32.3 Å². The predicted octanol–water partition coefficient (Wildman–Crippen LogP) is 3.67. The van der Waals surface area contributed by atoms with Crippen LogP contribution in [0.3, 0.4) is 0 Å². The highest BCUT2D eigenvalue weighted by Gasteiger charge is 2.17. The number of nitrogens with one attached hydrogen (secondary N) is 1. The number of amides is 1. The summed E-state index contributed by atoms with van der Waals surface area (Å²) in [5, 5.41) is 3.10. The average molecular weight is 324 g/mol. The normalized spacial score (nSPS) is 12.4. The summed E-state index contributed by atoms with van der Waals surface area (Å²) in [6.07, 6.45) is 0. The lowest BCUT2D eigenvalue weighted by Gasteiger charge is -2.23. The zero-order valence-corrected chi connectivity index (χ0v) is 14.9. The third kappa shape index (κ3) is 5.82. The van der Waals surface area contributed by atoms with E-state index >= 15 is 0 Å². The van der Waals surface area contributed by atoms with E-state index < -0.39 is 0 Å². The summed E-state index contributed by atoms with van der Waals surface area (Å²) in [5.41, 5.74) is 2.50. The van der Waals surface area contributed by atoms with Crippen molar-refractivity contribution in [1.29, 1.82) is 0 Å². The van der Waals surface area contributed by atoms with E-state index in [1.54, 1.807) is 0 Å². The van der Waals surface area contributed by atoms with Gasteiger partial charge in [-0.15, -0.1) is 0 Å². The molecule has 2 rings (SSSR count). The molecule has 2 aromatic carbocycles. The zero-order valence-electron chi connectivity index (χ0n) is 14.9. The van der Waals surface area contributed by atoms with Crippen molar-refractivity contribution in [1.82, 2.24) is 10.2 Å². The maximum absolute atomic E-state index is 12.2. The lowest BCUT2D eigenvalue weighted by molar-refractivity contribution is -0.122. The summed E-state index contributed by atoms with van der Waals surface area (Å²) < 4.78 is 0. The van der Waals surface area contributed by atoms with E-state index in [1.807, 2.05) is 36.2 Å². The van der Waals surface area contributed by atoms with E-state index in [2.05, 4.69) is 55.6 Å². The Bertz CT molecular complexity index is 610. The minimum atomic E-state index is 0.0787. The number of carbonyl (C=O) groups is 1. The van der Waals surface area contributed by atoms with Crippen LogP contribution in [0.2, 0.25) is 0 Å². The van der Waals surface area contributed by atoms with E-state index in [9.17, 15) is 4.79 Å². The molecule has 0 aliphatic heterocycles. The van der Waals surface area contributed by atoms with Crippen LogP contribution in [0, 0.1) is 5.92 Å². The molecule has 0 radical (unpaired) electrons. The average Bonchev–Trinajstić information content (AvgIpc) is 2.56. The summed E-state index contributed by atoms with van der Waals surface area (Å²) >= 11 is 0. The zero-order chi connectivity index (χ0) is 17.4. The summed E-state index contributed by atoms with van der Waals surface area (Å²) in [7, 11) is 1.98. The summed E-state index contributed by atoms with van der Waals surface area (Å²) in [5.74, 6) is 0.902. The van der Waals surface area contributed by atoms with Crippen molar-refractivity contribution in [2.45, 2.75) is 26.3 Å². The fourth-order valence-corrected chi connectivity index (χ4v) is 2.91. The Morgan fingerprint density at radius 2 is 1.58 bits per heavy atom. The van der Waals surface area contributed by atoms with Crippen LogP contribution in [0.15, 0.2) is 60.7 Å². The molecule has 0 saturated carbocycles. The van der Waals surface area contributed by atoms with Crippen molar-refractivity contribution >= 4 is 5.91 Å². The number of benzene rings is 2. The first-order chi connectivity index (χ1) is 11.6. The summed E-state index contributed by atoms with van der Waals surface area (Å²) in [6, 6.07) is 20.6. The molecule has 1 atom stereocenters. The number of likely N-dealkylation sites (N-methyl/N-ethyl adjacent to an activating group) is 1. The van der Waals surface area contributed by atoms with Gasteiger partial charge < -0.3 is 5.32 Å². The second-order valence-corrected chi connectivity index (χ2v) is 6.72. The molecule has 24 heavy (non-hydrogen) atoms.